The fourth-order valence-corrected chi connectivity index (χ4v) is 3.19. The van der Waals surface area contributed by atoms with E-state index in [4.69, 9.17) is 39.2 Å². The normalized spacial score (nSPS) is 11.6. The number of rotatable bonds is 3. The topological polar surface area (TPSA) is 60.4 Å². The third kappa shape index (κ3) is 3.56. The van der Waals surface area contributed by atoms with Crippen LogP contribution in [0.25, 0.3) is 16.7 Å². The lowest BCUT2D eigenvalue weighted by Gasteiger charge is -2.05. The highest BCUT2D eigenvalue weighted by Crippen LogP contribution is 2.27. The lowest BCUT2D eigenvalue weighted by Crippen LogP contribution is -2.08. The van der Waals surface area contributed by atoms with Gasteiger partial charge in [0.1, 0.15) is 11.8 Å². The summed E-state index contributed by atoms with van der Waals surface area (Å²) in [5.74, 6) is 0.529. The fourth-order valence-electron chi connectivity index (χ4n) is 2.73. The van der Waals surface area contributed by atoms with Gasteiger partial charge in [-0.2, -0.15) is 5.10 Å². The monoisotopic (exact) mass is 431 g/mol. The van der Waals surface area contributed by atoms with E-state index in [-0.39, 0.29) is 5.43 Å². The molecule has 0 aliphatic carbocycles. The zero-order valence-electron chi connectivity index (χ0n) is 14.5. The van der Waals surface area contributed by atoms with Crippen LogP contribution in [0.15, 0.2) is 62.9 Å². The van der Waals surface area contributed by atoms with Gasteiger partial charge in [-0.05, 0) is 43.3 Å². The Morgan fingerprint density at radius 2 is 1.89 bits per heavy atom. The van der Waals surface area contributed by atoms with Crippen LogP contribution in [0.1, 0.15) is 11.3 Å². The van der Waals surface area contributed by atoms with E-state index in [0.29, 0.717) is 43.1 Å². The molecule has 2 heterocycles. The molecule has 0 saturated heterocycles. The number of nitrogens with zero attached hydrogens (tertiary/aromatic N) is 3. The first-order valence-corrected chi connectivity index (χ1v) is 9.33. The standard InChI is InChI=1S/C20H12Cl3N3O2/c1-11-6-19(26(25-11)14-3-4-16(22)17(23)8-14)24-9-12-10-28-18-5-2-13(21)7-15(18)20(12)27/h2-10H,1H3/b24-9+. The van der Waals surface area contributed by atoms with Crippen molar-refractivity contribution in [1.29, 1.82) is 0 Å². The number of fused-ring (bicyclic) bond motifs is 1. The highest BCUT2D eigenvalue weighted by molar-refractivity contribution is 6.42. The second-order valence-electron chi connectivity index (χ2n) is 6.07. The van der Waals surface area contributed by atoms with Crippen molar-refractivity contribution in [2.45, 2.75) is 6.92 Å². The van der Waals surface area contributed by atoms with Gasteiger partial charge in [-0.25, -0.2) is 9.67 Å². The maximum Gasteiger partial charge on any atom is 0.201 e. The van der Waals surface area contributed by atoms with Crippen LogP contribution in [0.3, 0.4) is 0 Å². The van der Waals surface area contributed by atoms with Crippen LogP contribution in [0, 0.1) is 6.92 Å². The molecule has 4 aromatic rings. The third-order valence-electron chi connectivity index (χ3n) is 4.06. The van der Waals surface area contributed by atoms with Crippen LogP contribution in [0.2, 0.25) is 15.1 Å². The number of aromatic nitrogens is 2. The van der Waals surface area contributed by atoms with Crippen molar-refractivity contribution in [3.63, 3.8) is 0 Å². The Kier molecular flexibility index (Phi) is 4.98. The summed E-state index contributed by atoms with van der Waals surface area (Å²) >= 11 is 18.1. The van der Waals surface area contributed by atoms with E-state index in [9.17, 15) is 4.79 Å². The molecule has 5 nitrogen and oxygen atoms in total. The van der Waals surface area contributed by atoms with E-state index < -0.39 is 0 Å². The molecular formula is C20H12Cl3N3O2. The molecule has 2 aromatic heterocycles. The number of aliphatic imine (C=N–C) groups is 1. The first-order chi connectivity index (χ1) is 13.4. The summed E-state index contributed by atoms with van der Waals surface area (Å²) in [5, 5.41) is 6.15. The predicted octanol–water partition coefficient (Wildman–Crippen LogP) is 6.00. The van der Waals surface area contributed by atoms with Gasteiger partial charge in [-0.3, -0.25) is 4.79 Å². The van der Waals surface area contributed by atoms with Crippen molar-refractivity contribution in [2.75, 3.05) is 0 Å². The second kappa shape index (κ2) is 7.43. The van der Waals surface area contributed by atoms with Crippen LogP contribution >= 0.6 is 34.8 Å². The van der Waals surface area contributed by atoms with Crippen LogP contribution in [0.5, 0.6) is 0 Å². The Balaban J connectivity index is 1.77. The molecule has 0 saturated carbocycles. The molecule has 0 atom stereocenters. The SMILES string of the molecule is Cc1cc(/N=C/c2coc3ccc(Cl)cc3c2=O)n(-c2ccc(Cl)c(Cl)c2)n1. The lowest BCUT2D eigenvalue weighted by atomic mass is 10.2. The predicted molar refractivity (Wildman–Crippen MR) is 113 cm³/mol. The summed E-state index contributed by atoms with van der Waals surface area (Å²) in [4.78, 5) is 17.1. The molecule has 0 fully saturated rings. The summed E-state index contributed by atoms with van der Waals surface area (Å²) in [6.07, 6.45) is 2.81. The number of benzene rings is 2. The summed E-state index contributed by atoms with van der Waals surface area (Å²) in [7, 11) is 0. The van der Waals surface area contributed by atoms with Crippen LogP contribution in [-0.2, 0) is 0 Å². The van der Waals surface area contributed by atoms with Crippen molar-refractivity contribution in [3.05, 3.63) is 85.3 Å². The van der Waals surface area contributed by atoms with Gasteiger partial charge in [-0.1, -0.05) is 34.8 Å². The molecule has 0 amide bonds. The molecule has 8 heteroatoms. The zero-order valence-corrected chi connectivity index (χ0v) is 16.8. The van der Waals surface area contributed by atoms with Gasteiger partial charge in [0.25, 0.3) is 0 Å². The molecule has 0 aliphatic heterocycles. The van der Waals surface area contributed by atoms with E-state index in [1.165, 1.54) is 12.5 Å². The van der Waals surface area contributed by atoms with Crippen molar-refractivity contribution >= 4 is 57.8 Å². The average molecular weight is 433 g/mol. The van der Waals surface area contributed by atoms with Gasteiger partial charge >= 0.3 is 0 Å². The Hall–Kier alpha value is -2.60. The van der Waals surface area contributed by atoms with Gasteiger partial charge in [0.2, 0.25) is 5.43 Å². The smallest absolute Gasteiger partial charge is 0.201 e. The quantitative estimate of drug-likeness (QED) is 0.373. The van der Waals surface area contributed by atoms with Gasteiger partial charge in [0, 0.05) is 17.3 Å². The summed E-state index contributed by atoms with van der Waals surface area (Å²) in [6.45, 7) is 1.85. The van der Waals surface area contributed by atoms with E-state index in [2.05, 4.69) is 10.1 Å². The van der Waals surface area contributed by atoms with Crippen LogP contribution in [-0.4, -0.2) is 16.0 Å². The first-order valence-electron chi connectivity index (χ1n) is 8.19. The maximum atomic E-state index is 12.7. The third-order valence-corrected chi connectivity index (χ3v) is 5.03. The van der Waals surface area contributed by atoms with E-state index in [1.54, 1.807) is 47.1 Å². The van der Waals surface area contributed by atoms with Crippen LogP contribution in [0.4, 0.5) is 5.82 Å². The molecule has 0 unspecified atom stereocenters. The Labute approximate surface area is 174 Å². The minimum atomic E-state index is -0.218. The number of hydrogen-bond donors (Lipinski definition) is 0. The molecule has 140 valence electrons. The Bertz CT molecular complexity index is 1290. The minimum Gasteiger partial charge on any atom is -0.463 e. The molecule has 4 rings (SSSR count). The highest BCUT2D eigenvalue weighted by atomic mass is 35.5. The molecule has 0 bridgehead atoms. The summed E-state index contributed by atoms with van der Waals surface area (Å²) in [5.41, 5.74) is 2.00. The number of halogens is 3. The molecule has 0 spiro atoms. The highest BCUT2D eigenvalue weighted by Gasteiger charge is 2.10. The maximum absolute atomic E-state index is 12.7. The fraction of sp³-hybridized carbons (Fsp3) is 0.0500. The molecule has 0 radical (unpaired) electrons. The Morgan fingerprint density at radius 1 is 1.07 bits per heavy atom. The average Bonchev–Trinajstić information content (AvgIpc) is 3.04. The number of hydrogen-bond acceptors (Lipinski definition) is 4. The summed E-state index contributed by atoms with van der Waals surface area (Å²) in [6, 6.07) is 11.9. The van der Waals surface area contributed by atoms with E-state index in [0.717, 1.165) is 5.69 Å². The van der Waals surface area contributed by atoms with E-state index in [1.807, 2.05) is 6.92 Å². The van der Waals surface area contributed by atoms with Gasteiger partial charge < -0.3 is 4.42 Å². The van der Waals surface area contributed by atoms with Crippen molar-refractivity contribution in [1.82, 2.24) is 9.78 Å². The van der Waals surface area contributed by atoms with Gasteiger partial charge in [-0.15, -0.1) is 0 Å². The lowest BCUT2D eigenvalue weighted by molar-refractivity contribution is 0.601. The summed E-state index contributed by atoms with van der Waals surface area (Å²) < 4.78 is 7.13. The molecule has 28 heavy (non-hydrogen) atoms. The van der Waals surface area contributed by atoms with E-state index >= 15 is 0 Å². The number of aryl methyl sites for hydroxylation is 1. The molecular weight excluding hydrogens is 421 g/mol. The molecule has 0 N–H and O–H groups in total. The zero-order chi connectivity index (χ0) is 19.8. The van der Waals surface area contributed by atoms with Crippen molar-refractivity contribution in [3.8, 4) is 5.69 Å². The van der Waals surface area contributed by atoms with Crippen LogP contribution < -0.4 is 5.43 Å². The molecule has 0 aliphatic rings. The van der Waals surface area contributed by atoms with Crippen molar-refractivity contribution < 1.29 is 4.42 Å². The van der Waals surface area contributed by atoms with Crippen molar-refractivity contribution in [2.24, 2.45) is 4.99 Å². The molecule has 2 aromatic carbocycles. The van der Waals surface area contributed by atoms with Gasteiger partial charge in [0.15, 0.2) is 5.82 Å². The second-order valence-corrected chi connectivity index (χ2v) is 7.32. The van der Waals surface area contributed by atoms with Gasteiger partial charge in [0.05, 0.1) is 32.4 Å². The largest absolute Gasteiger partial charge is 0.463 e. The first kappa shape index (κ1) is 18.7. The Morgan fingerprint density at radius 3 is 2.68 bits per heavy atom. The minimum absolute atomic E-state index is 0.218.